The van der Waals surface area contributed by atoms with E-state index in [1.165, 1.54) is 11.2 Å². The van der Waals surface area contributed by atoms with E-state index in [9.17, 15) is 9.59 Å². The number of amides is 2. The molecule has 178 valence electrons. The average molecular weight is 493 g/mol. The summed E-state index contributed by atoms with van der Waals surface area (Å²) in [6, 6.07) is 4.81. The highest BCUT2D eigenvalue weighted by molar-refractivity contribution is 6.42. The van der Waals surface area contributed by atoms with Gasteiger partial charge < -0.3 is 10.2 Å². The van der Waals surface area contributed by atoms with Crippen LogP contribution in [0.15, 0.2) is 18.2 Å². The second kappa shape index (κ2) is 10.8. The predicted octanol–water partition coefficient (Wildman–Crippen LogP) is 4.26. The molecule has 33 heavy (non-hydrogen) atoms. The first-order valence-electron chi connectivity index (χ1n) is 11.8. The van der Waals surface area contributed by atoms with Gasteiger partial charge in [-0.05, 0) is 56.0 Å². The molecular weight excluding hydrogens is 463 g/mol. The standard InChI is InChI=1S/C23H30Cl2N6O2/c1-15(23(33)26-17-7-5-6-8-17)31(18-9-3-2-4-10-18)21(32)14-30-28-22(27-29-30)16-11-12-19(24)20(25)13-16/h11-13,15,17-18H,2-10,14H2,1H3,(H,26,33). The molecule has 0 saturated heterocycles. The first-order valence-corrected chi connectivity index (χ1v) is 12.5. The summed E-state index contributed by atoms with van der Waals surface area (Å²) in [5, 5.41) is 16.4. The van der Waals surface area contributed by atoms with E-state index in [1.807, 2.05) is 6.92 Å². The highest BCUT2D eigenvalue weighted by Gasteiger charge is 2.34. The highest BCUT2D eigenvalue weighted by atomic mass is 35.5. The van der Waals surface area contributed by atoms with Gasteiger partial charge in [0.2, 0.25) is 17.6 Å². The van der Waals surface area contributed by atoms with Gasteiger partial charge in [-0.3, -0.25) is 9.59 Å². The molecule has 0 spiro atoms. The van der Waals surface area contributed by atoms with E-state index in [-0.39, 0.29) is 30.4 Å². The van der Waals surface area contributed by atoms with Crippen molar-refractivity contribution in [3.63, 3.8) is 0 Å². The molecule has 1 aromatic heterocycles. The average Bonchev–Trinajstić information content (AvgIpc) is 3.49. The van der Waals surface area contributed by atoms with Gasteiger partial charge in [-0.1, -0.05) is 55.3 Å². The SMILES string of the molecule is CC(C(=O)NC1CCCC1)N(C(=O)Cn1nnc(-c2ccc(Cl)c(Cl)c2)n1)C1CCCCC1. The van der Waals surface area contributed by atoms with Crippen LogP contribution >= 0.6 is 23.2 Å². The minimum atomic E-state index is -0.542. The zero-order valence-electron chi connectivity index (χ0n) is 18.8. The van der Waals surface area contributed by atoms with Crippen LogP contribution in [0.1, 0.15) is 64.7 Å². The summed E-state index contributed by atoms with van der Waals surface area (Å²) in [6.07, 6.45) is 9.42. The molecule has 2 fully saturated rings. The number of benzene rings is 1. The number of nitrogens with zero attached hydrogens (tertiary/aromatic N) is 5. The smallest absolute Gasteiger partial charge is 0.247 e. The third-order valence-electron chi connectivity index (χ3n) is 6.66. The second-order valence-corrected chi connectivity index (χ2v) is 9.85. The number of tetrazole rings is 1. The Bertz CT molecular complexity index is 985. The fourth-order valence-corrected chi connectivity index (χ4v) is 5.18. The number of carbonyl (C=O) groups excluding carboxylic acids is 2. The summed E-state index contributed by atoms with van der Waals surface area (Å²) in [5.74, 6) is 0.107. The predicted molar refractivity (Wildman–Crippen MR) is 127 cm³/mol. The summed E-state index contributed by atoms with van der Waals surface area (Å²) >= 11 is 12.1. The summed E-state index contributed by atoms with van der Waals surface area (Å²) in [6.45, 7) is 1.75. The minimum Gasteiger partial charge on any atom is -0.352 e. The number of carbonyl (C=O) groups is 2. The van der Waals surface area contributed by atoms with Crippen molar-refractivity contribution in [2.75, 3.05) is 0 Å². The summed E-state index contributed by atoms with van der Waals surface area (Å²) < 4.78 is 0. The summed E-state index contributed by atoms with van der Waals surface area (Å²) in [4.78, 5) is 29.5. The van der Waals surface area contributed by atoms with Crippen LogP contribution in [0.4, 0.5) is 0 Å². The van der Waals surface area contributed by atoms with Crippen molar-refractivity contribution in [3.8, 4) is 11.4 Å². The van der Waals surface area contributed by atoms with Crippen molar-refractivity contribution < 1.29 is 9.59 Å². The van der Waals surface area contributed by atoms with Gasteiger partial charge in [0.25, 0.3) is 0 Å². The monoisotopic (exact) mass is 492 g/mol. The molecule has 0 radical (unpaired) electrons. The Hall–Kier alpha value is -2.19. The summed E-state index contributed by atoms with van der Waals surface area (Å²) in [5.41, 5.74) is 0.663. The molecule has 2 aliphatic carbocycles. The maximum Gasteiger partial charge on any atom is 0.247 e. The molecule has 2 aromatic rings. The Kier molecular flexibility index (Phi) is 7.86. The van der Waals surface area contributed by atoms with E-state index < -0.39 is 6.04 Å². The quantitative estimate of drug-likeness (QED) is 0.623. The number of rotatable bonds is 7. The molecular formula is C23H30Cl2N6O2. The largest absolute Gasteiger partial charge is 0.352 e. The maximum atomic E-state index is 13.4. The van der Waals surface area contributed by atoms with Gasteiger partial charge in [0.15, 0.2) is 0 Å². The van der Waals surface area contributed by atoms with Crippen molar-refractivity contribution >= 4 is 35.0 Å². The molecule has 0 aliphatic heterocycles. The first-order chi connectivity index (χ1) is 15.9. The van der Waals surface area contributed by atoms with Crippen LogP contribution in [0.3, 0.4) is 0 Å². The van der Waals surface area contributed by atoms with Crippen molar-refractivity contribution in [2.24, 2.45) is 0 Å². The van der Waals surface area contributed by atoms with Gasteiger partial charge in [0.1, 0.15) is 12.6 Å². The lowest BCUT2D eigenvalue weighted by molar-refractivity contribution is -0.144. The Morgan fingerprint density at radius 3 is 2.48 bits per heavy atom. The van der Waals surface area contributed by atoms with Gasteiger partial charge in [0, 0.05) is 17.6 Å². The number of halogens is 2. The third kappa shape index (κ3) is 5.84. The van der Waals surface area contributed by atoms with E-state index in [2.05, 4.69) is 20.7 Å². The molecule has 4 rings (SSSR count). The Morgan fingerprint density at radius 2 is 1.79 bits per heavy atom. The molecule has 1 N–H and O–H groups in total. The molecule has 2 aliphatic rings. The van der Waals surface area contributed by atoms with Gasteiger partial charge in [0.05, 0.1) is 10.0 Å². The fourth-order valence-electron chi connectivity index (χ4n) is 4.88. The van der Waals surface area contributed by atoms with Crippen LogP contribution < -0.4 is 5.32 Å². The molecule has 2 amide bonds. The van der Waals surface area contributed by atoms with E-state index >= 15 is 0 Å². The number of hydrogen-bond acceptors (Lipinski definition) is 5. The van der Waals surface area contributed by atoms with Crippen LogP contribution in [0.5, 0.6) is 0 Å². The second-order valence-electron chi connectivity index (χ2n) is 9.03. The van der Waals surface area contributed by atoms with Crippen molar-refractivity contribution in [1.82, 2.24) is 30.4 Å². The van der Waals surface area contributed by atoms with Crippen molar-refractivity contribution in [2.45, 2.75) is 89.4 Å². The van der Waals surface area contributed by atoms with Gasteiger partial charge in [-0.15, -0.1) is 10.2 Å². The van der Waals surface area contributed by atoms with Crippen LogP contribution in [-0.4, -0.2) is 55.0 Å². The van der Waals surface area contributed by atoms with E-state index in [4.69, 9.17) is 23.2 Å². The first kappa shape index (κ1) is 24.0. The molecule has 1 heterocycles. The Balaban J connectivity index is 1.48. The maximum absolute atomic E-state index is 13.4. The van der Waals surface area contributed by atoms with Crippen LogP contribution in [0.2, 0.25) is 10.0 Å². The van der Waals surface area contributed by atoms with Gasteiger partial charge >= 0.3 is 0 Å². The number of nitrogens with one attached hydrogen (secondary N) is 1. The van der Waals surface area contributed by atoms with Crippen molar-refractivity contribution in [1.29, 1.82) is 0 Å². The Morgan fingerprint density at radius 1 is 1.09 bits per heavy atom. The minimum absolute atomic E-state index is 0.0497. The van der Waals surface area contributed by atoms with Crippen LogP contribution in [-0.2, 0) is 16.1 Å². The zero-order valence-corrected chi connectivity index (χ0v) is 20.4. The van der Waals surface area contributed by atoms with Gasteiger partial charge in [-0.2, -0.15) is 4.80 Å². The summed E-state index contributed by atoms with van der Waals surface area (Å²) in [7, 11) is 0. The third-order valence-corrected chi connectivity index (χ3v) is 7.40. The van der Waals surface area contributed by atoms with E-state index in [1.54, 1.807) is 23.1 Å². The molecule has 0 bridgehead atoms. The number of hydrogen-bond donors (Lipinski definition) is 1. The lowest BCUT2D eigenvalue weighted by atomic mass is 9.93. The number of aromatic nitrogens is 4. The fraction of sp³-hybridized carbons (Fsp3) is 0.609. The van der Waals surface area contributed by atoms with Crippen LogP contribution in [0, 0.1) is 0 Å². The molecule has 1 atom stereocenters. The molecule has 8 nitrogen and oxygen atoms in total. The molecule has 2 saturated carbocycles. The lowest BCUT2D eigenvalue weighted by Crippen LogP contribution is -2.55. The highest BCUT2D eigenvalue weighted by Crippen LogP contribution is 2.27. The topological polar surface area (TPSA) is 93.0 Å². The van der Waals surface area contributed by atoms with Crippen LogP contribution in [0.25, 0.3) is 11.4 Å². The van der Waals surface area contributed by atoms with E-state index in [0.717, 1.165) is 51.4 Å². The zero-order chi connectivity index (χ0) is 23.4. The van der Waals surface area contributed by atoms with Crippen molar-refractivity contribution in [3.05, 3.63) is 28.2 Å². The molecule has 10 heteroatoms. The van der Waals surface area contributed by atoms with Gasteiger partial charge in [-0.25, -0.2) is 0 Å². The van der Waals surface area contributed by atoms with E-state index in [0.29, 0.717) is 21.4 Å². The molecule has 1 aromatic carbocycles. The lowest BCUT2D eigenvalue weighted by Gasteiger charge is -2.38. The molecule has 1 unspecified atom stereocenters. The normalized spacial score (nSPS) is 18.3. The Labute approximate surface area is 204 Å².